The average Bonchev–Trinajstić information content (AvgIpc) is 2.97. The number of aromatic nitrogens is 1. The van der Waals surface area contributed by atoms with Crippen LogP contribution in [0.25, 0.3) is 10.9 Å². The van der Waals surface area contributed by atoms with Gasteiger partial charge in [0.15, 0.2) is 0 Å². The maximum absolute atomic E-state index is 13.1. The highest BCUT2D eigenvalue weighted by Gasteiger charge is 2.05. The summed E-state index contributed by atoms with van der Waals surface area (Å²) in [6.45, 7) is 0.365. The molecule has 0 fully saturated rings. The van der Waals surface area contributed by atoms with Crippen LogP contribution in [0, 0.1) is 5.82 Å². The van der Waals surface area contributed by atoms with Gasteiger partial charge in [0, 0.05) is 30.1 Å². The molecule has 0 aliphatic heterocycles. The van der Waals surface area contributed by atoms with Gasteiger partial charge in [-0.05, 0) is 42.2 Å². The standard InChI is InChI=1S/C19H19FN2O/c20-16-7-3-5-14(11-16)12-22-19(23)10-4-6-15-13-21-18-9-2-1-8-17(15)18/h1-3,5,7-9,11,13,21H,4,6,10,12H2,(H,22,23). The summed E-state index contributed by atoms with van der Waals surface area (Å²) in [6, 6.07) is 14.4. The number of H-pyrrole nitrogens is 1. The minimum absolute atomic E-state index is 0.00546. The number of para-hydroxylation sites is 1. The lowest BCUT2D eigenvalue weighted by Gasteiger charge is -2.05. The Kier molecular flexibility index (Phi) is 4.71. The minimum atomic E-state index is -0.281. The van der Waals surface area contributed by atoms with Crippen molar-refractivity contribution < 1.29 is 9.18 Å². The van der Waals surface area contributed by atoms with Gasteiger partial charge in [-0.15, -0.1) is 0 Å². The van der Waals surface area contributed by atoms with E-state index in [2.05, 4.69) is 16.4 Å². The van der Waals surface area contributed by atoms with Gasteiger partial charge in [-0.25, -0.2) is 4.39 Å². The Morgan fingerprint density at radius 3 is 2.87 bits per heavy atom. The number of fused-ring (bicyclic) bond motifs is 1. The van der Waals surface area contributed by atoms with Crippen molar-refractivity contribution in [2.45, 2.75) is 25.8 Å². The Morgan fingerprint density at radius 2 is 2.00 bits per heavy atom. The second-order valence-corrected chi connectivity index (χ2v) is 5.62. The van der Waals surface area contributed by atoms with Gasteiger partial charge in [0.1, 0.15) is 5.82 Å². The second kappa shape index (κ2) is 7.09. The van der Waals surface area contributed by atoms with Gasteiger partial charge in [-0.2, -0.15) is 0 Å². The third kappa shape index (κ3) is 3.97. The zero-order valence-electron chi connectivity index (χ0n) is 12.8. The molecular formula is C19H19FN2O. The zero-order chi connectivity index (χ0) is 16.1. The Balaban J connectivity index is 1.46. The van der Waals surface area contributed by atoms with Gasteiger partial charge in [0.25, 0.3) is 0 Å². The number of carbonyl (C=O) groups is 1. The number of halogens is 1. The Morgan fingerprint density at radius 1 is 1.13 bits per heavy atom. The van der Waals surface area contributed by atoms with Gasteiger partial charge in [0.05, 0.1) is 0 Å². The van der Waals surface area contributed by atoms with E-state index in [1.54, 1.807) is 12.1 Å². The molecule has 1 amide bonds. The number of hydrogen-bond acceptors (Lipinski definition) is 1. The quantitative estimate of drug-likeness (QED) is 0.711. The predicted octanol–water partition coefficient (Wildman–Crippen LogP) is 3.95. The highest BCUT2D eigenvalue weighted by molar-refractivity contribution is 5.83. The molecule has 3 aromatic rings. The third-order valence-electron chi connectivity index (χ3n) is 3.90. The van der Waals surface area contributed by atoms with Crippen LogP contribution >= 0.6 is 0 Å². The summed E-state index contributed by atoms with van der Waals surface area (Å²) in [5, 5.41) is 4.05. The SMILES string of the molecule is O=C(CCCc1c[nH]c2ccccc12)NCc1cccc(F)c1. The highest BCUT2D eigenvalue weighted by atomic mass is 19.1. The molecule has 2 N–H and O–H groups in total. The first kappa shape index (κ1) is 15.3. The Bertz CT molecular complexity index is 810. The molecule has 118 valence electrons. The van der Waals surface area contributed by atoms with Crippen LogP contribution in [0.3, 0.4) is 0 Å². The summed E-state index contributed by atoms with van der Waals surface area (Å²) in [5.41, 5.74) is 3.13. The Labute approximate surface area is 134 Å². The molecule has 0 radical (unpaired) electrons. The molecular weight excluding hydrogens is 291 g/mol. The fraction of sp³-hybridized carbons (Fsp3) is 0.211. The molecule has 23 heavy (non-hydrogen) atoms. The van der Waals surface area contributed by atoms with Crippen molar-refractivity contribution in [2.24, 2.45) is 0 Å². The molecule has 0 atom stereocenters. The van der Waals surface area contributed by atoms with Crippen molar-refractivity contribution in [3.05, 3.63) is 71.7 Å². The maximum atomic E-state index is 13.1. The van der Waals surface area contributed by atoms with E-state index in [1.807, 2.05) is 24.4 Å². The summed E-state index contributed by atoms with van der Waals surface area (Å²) < 4.78 is 13.1. The number of amides is 1. The number of nitrogens with one attached hydrogen (secondary N) is 2. The van der Waals surface area contributed by atoms with E-state index in [0.29, 0.717) is 13.0 Å². The molecule has 0 saturated heterocycles. The minimum Gasteiger partial charge on any atom is -0.361 e. The van der Waals surface area contributed by atoms with Gasteiger partial charge >= 0.3 is 0 Å². The van der Waals surface area contributed by atoms with E-state index in [-0.39, 0.29) is 11.7 Å². The Hall–Kier alpha value is -2.62. The van der Waals surface area contributed by atoms with E-state index < -0.39 is 0 Å². The number of aryl methyl sites for hydroxylation is 1. The molecule has 0 spiro atoms. The molecule has 1 aromatic heterocycles. The van der Waals surface area contributed by atoms with Crippen LogP contribution in [0.4, 0.5) is 4.39 Å². The first-order valence-corrected chi connectivity index (χ1v) is 7.78. The van der Waals surface area contributed by atoms with Crippen LogP contribution in [0.2, 0.25) is 0 Å². The lowest BCUT2D eigenvalue weighted by atomic mass is 10.1. The lowest BCUT2D eigenvalue weighted by molar-refractivity contribution is -0.121. The van der Waals surface area contributed by atoms with E-state index in [1.165, 1.54) is 23.1 Å². The smallest absolute Gasteiger partial charge is 0.220 e. The summed E-state index contributed by atoms with van der Waals surface area (Å²) in [5.74, 6) is -0.287. The summed E-state index contributed by atoms with van der Waals surface area (Å²) >= 11 is 0. The third-order valence-corrected chi connectivity index (χ3v) is 3.90. The van der Waals surface area contributed by atoms with E-state index in [0.717, 1.165) is 23.9 Å². The van der Waals surface area contributed by atoms with Gasteiger partial charge < -0.3 is 10.3 Å². The normalized spacial score (nSPS) is 10.8. The summed E-state index contributed by atoms with van der Waals surface area (Å²) in [7, 11) is 0. The summed E-state index contributed by atoms with van der Waals surface area (Å²) in [4.78, 5) is 15.1. The van der Waals surface area contributed by atoms with Crippen molar-refractivity contribution in [3.63, 3.8) is 0 Å². The predicted molar refractivity (Wildman–Crippen MR) is 89.5 cm³/mol. The largest absolute Gasteiger partial charge is 0.361 e. The maximum Gasteiger partial charge on any atom is 0.220 e. The molecule has 4 heteroatoms. The summed E-state index contributed by atoms with van der Waals surface area (Å²) in [6.07, 6.45) is 4.12. The van der Waals surface area contributed by atoms with Crippen molar-refractivity contribution in [3.8, 4) is 0 Å². The van der Waals surface area contributed by atoms with E-state index >= 15 is 0 Å². The molecule has 0 aliphatic rings. The van der Waals surface area contributed by atoms with Gasteiger partial charge in [-0.1, -0.05) is 30.3 Å². The van der Waals surface area contributed by atoms with Crippen LogP contribution in [-0.4, -0.2) is 10.9 Å². The average molecular weight is 310 g/mol. The molecule has 0 unspecified atom stereocenters. The van der Waals surface area contributed by atoms with Gasteiger partial charge in [-0.3, -0.25) is 4.79 Å². The number of aromatic amines is 1. The van der Waals surface area contributed by atoms with Crippen molar-refractivity contribution in [1.29, 1.82) is 0 Å². The first-order chi connectivity index (χ1) is 11.2. The van der Waals surface area contributed by atoms with Crippen molar-refractivity contribution >= 4 is 16.8 Å². The number of benzene rings is 2. The van der Waals surface area contributed by atoms with Crippen LogP contribution < -0.4 is 5.32 Å². The first-order valence-electron chi connectivity index (χ1n) is 7.78. The molecule has 0 aliphatic carbocycles. The molecule has 2 aromatic carbocycles. The molecule has 0 bridgehead atoms. The van der Waals surface area contributed by atoms with Gasteiger partial charge in [0.2, 0.25) is 5.91 Å². The van der Waals surface area contributed by atoms with Crippen LogP contribution in [-0.2, 0) is 17.8 Å². The number of hydrogen-bond donors (Lipinski definition) is 2. The lowest BCUT2D eigenvalue weighted by Crippen LogP contribution is -2.22. The highest BCUT2D eigenvalue weighted by Crippen LogP contribution is 2.19. The molecule has 3 rings (SSSR count). The van der Waals surface area contributed by atoms with Crippen molar-refractivity contribution in [1.82, 2.24) is 10.3 Å². The fourth-order valence-electron chi connectivity index (χ4n) is 2.71. The molecule has 0 saturated carbocycles. The molecule has 3 nitrogen and oxygen atoms in total. The van der Waals surface area contributed by atoms with E-state index in [9.17, 15) is 9.18 Å². The molecule has 1 heterocycles. The monoisotopic (exact) mass is 310 g/mol. The topological polar surface area (TPSA) is 44.9 Å². The fourth-order valence-corrected chi connectivity index (χ4v) is 2.71. The van der Waals surface area contributed by atoms with Crippen LogP contribution in [0.5, 0.6) is 0 Å². The number of carbonyl (C=O) groups excluding carboxylic acids is 1. The zero-order valence-corrected chi connectivity index (χ0v) is 12.8. The van der Waals surface area contributed by atoms with Crippen LogP contribution in [0.1, 0.15) is 24.0 Å². The number of rotatable bonds is 6. The van der Waals surface area contributed by atoms with E-state index in [4.69, 9.17) is 0 Å². The second-order valence-electron chi connectivity index (χ2n) is 5.62. The van der Waals surface area contributed by atoms with Crippen LogP contribution in [0.15, 0.2) is 54.7 Å². The van der Waals surface area contributed by atoms with Crippen molar-refractivity contribution in [2.75, 3.05) is 0 Å².